The molecule has 15 heavy (non-hydrogen) atoms. The lowest BCUT2D eigenvalue weighted by atomic mass is 10.3. The predicted octanol–water partition coefficient (Wildman–Crippen LogP) is 1.05. The number of H-pyrrole nitrogens is 1. The minimum atomic E-state index is 0.250. The summed E-state index contributed by atoms with van der Waals surface area (Å²) in [6, 6.07) is 0. The second kappa shape index (κ2) is 4.14. The van der Waals surface area contributed by atoms with Crippen molar-refractivity contribution in [1.82, 2.24) is 20.2 Å². The van der Waals surface area contributed by atoms with E-state index < -0.39 is 0 Å². The Bertz CT molecular complexity index is 440. The molecule has 0 saturated carbocycles. The van der Waals surface area contributed by atoms with Crippen LogP contribution in [0.25, 0.3) is 0 Å². The second-order valence-corrected chi connectivity index (χ2v) is 3.24. The number of hydrogen-bond acceptors (Lipinski definition) is 5. The van der Waals surface area contributed by atoms with Crippen molar-refractivity contribution in [3.63, 3.8) is 0 Å². The number of halogens is 1. The van der Waals surface area contributed by atoms with E-state index >= 15 is 0 Å². The zero-order valence-electron chi connectivity index (χ0n) is 7.74. The van der Waals surface area contributed by atoms with Gasteiger partial charge in [-0.15, -0.1) is 0 Å². The van der Waals surface area contributed by atoms with Gasteiger partial charge in [0.05, 0.1) is 6.20 Å². The van der Waals surface area contributed by atoms with Crippen LogP contribution in [0.3, 0.4) is 0 Å². The van der Waals surface area contributed by atoms with Gasteiger partial charge in [-0.2, -0.15) is 5.10 Å². The molecule has 2 aromatic heterocycles. The number of hydrogen-bond donors (Lipinski definition) is 3. The van der Waals surface area contributed by atoms with E-state index in [9.17, 15) is 0 Å². The maximum Gasteiger partial charge on any atom is 0.157 e. The van der Waals surface area contributed by atoms with Gasteiger partial charge in [0.1, 0.15) is 12.0 Å². The Morgan fingerprint density at radius 2 is 2.33 bits per heavy atom. The van der Waals surface area contributed by atoms with E-state index in [-0.39, 0.29) is 5.15 Å². The number of aromatic amines is 1. The number of nitrogens with zero attached hydrogens (tertiary/aromatic N) is 3. The molecule has 0 radical (unpaired) electrons. The molecule has 0 aliphatic carbocycles. The lowest BCUT2D eigenvalue weighted by Gasteiger charge is -2.06. The molecule has 0 amide bonds. The largest absolute Gasteiger partial charge is 0.393 e. The molecule has 7 heteroatoms. The van der Waals surface area contributed by atoms with Crippen molar-refractivity contribution in [3.8, 4) is 0 Å². The van der Waals surface area contributed by atoms with Gasteiger partial charge in [-0.25, -0.2) is 9.97 Å². The first-order valence-electron chi connectivity index (χ1n) is 4.25. The smallest absolute Gasteiger partial charge is 0.157 e. The van der Waals surface area contributed by atoms with Gasteiger partial charge < -0.3 is 11.1 Å². The predicted molar refractivity (Wildman–Crippen MR) is 57.4 cm³/mol. The molecule has 0 aliphatic heterocycles. The van der Waals surface area contributed by atoms with E-state index in [1.54, 1.807) is 12.4 Å². The minimum Gasteiger partial charge on any atom is -0.393 e. The Morgan fingerprint density at radius 3 is 3.07 bits per heavy atom. The summed E-state index contributed by atoms with van der Waals surface area (Å²) >= 11 is 5.74. The molecule has 0 saturated heterocycles. The van der Waals surface area contributed by atoms with E-state index in [0.717, 1.165) is 5.56 Å². The highest BCUT2D eigenvalue weighted by molar-refractivity contribution is 6.32. The standard InChI is InChI=1S/C8H9ClN6/c9-7-6(10)8(13-4-12-7)11-1-5-2-14-15-3-5/h2-4H,1,10H2,(H,14,15)(H,11,12,13). The van der Waals surface area contributed by atoms with Crippen LogP contribution in [0.5, 0.6) is 0 Å². The van der Waals surface area contributed by atoms with Gasteiger partial charge in [-0.3, -0.25) is 5.10 Å². The zero-order valence-corrected chi connectivity index (χ0v) is 8.49. The average molecular weight is 225 g/mol. The highest BCUT2D eigenvalue weighted by atomic mass is 35.5. The average Bonchev–Trinajstić information content (AvgIpc) is 2.73. The summed E-state index contributed by atoms with van der Waals surface area (Å²) < 4.78 is 0. The van der Waals surface area contributed by atoms with Gasteiger partial charge in [-0.05, 0) is 0 Å². The van der Waals surface area contributed by atoms with Crippen LogP contribution in [0, 0.1) is 0 Å². The Kier molecular flexibility index (Phi) is 2.68. The molecule has 0 spiro atoms. The highest BCUT2D eigenvalue weighted by Gasteiger charge is 2.05. The second-order valence-electron chi connectivity index (χ2n) is 2.89. The fourth-order valence-electron chi connectivity index (χ4n) is 1.08. The summed E-state index contributed by atoms with van der Waals surface area (Å²) in [4.78, 5) is 7.73. The van der Waals surface area contributed by atoms with Gasteiger partial charge in [0.15, 0.2) is 11.0 Å². The van der Waals surface area contributed by atoms with Crippen LogP contribution in [-0.2, 0) is 6.54 Å². The van der Waals surface area contributed by atoms with Crippen molar-refractivity contribution >= 4 is 23.1 Å². The Balaban J connectivity index is 2.08. The molecule has 0 aliphatic rings. The maximum atomic E-state index is 5.74. The Labute approximate surface area is 90.9 Å². The number of rotatable bonds is 3. The molecule has 0 unspecified atom stereocenters. The van der Waals surface area contributed by atoms with E-state index in [2.05, 4.69) is 25.5 Å². The van der Waals surface area contributed by atoms with Crippen molar-refractivity contribution in [2.75, 3.05) is 11.1 Å². The van der Waals surface area contributed by atoms with Crippen molar-refractivity contribution in [3.05, 3.63) is 29.4 Å². The van der Waals surface area contributed by atoms with Gasteiger partial charge in [-0.1, -0.05) is 11.6 Å². The summed E-state index contributed by atoms with van der Waals surface area (Å²) in [5.41, 5.74) is 7.03. The van der Waals surface area contributed by atoms with Crippen LogP contribution in [0.4, 0.5) is 11.5 Å². The molecule has 0 aromatic carbocycles. The van der Waals surface area contributed by atoms with Crippen LogP contribution in [0.2, 0.25) is 5.15 Å². The van der Waals surface area contributed by atoms with Gasteiger partial charge in [0.25, 0.3) is 0 Å². The number of nitrogens with two attached hydrogens (primary N) is 1. The van der Waals surface area contributed by atoms with E-state index in [1.807, 2.05) is 0 Å². The first kappa shape index (κ1) is 9.72. The number of aromatic nitrogens is 4. The summed E-state index contributed by atoms with van der Waals surface area (Å²) in [5.74, 6) is 0.524. The quantitative estimate of drug-likeness (QED) is 0.678. The van der Waals surface area contributed by atoms with E-state index in [1.165, 1.54) is 6.33 Å². The lowest BCUT2D eigenvalue weighted by molar-refractivity contribution is 1.09. The topological polar surface area (TPSA) is 92.5 Å². The van der Waals surface area contributed by atoms with Crippen molar-refractivity contribution in [2.45, 2.75) is 6.54 Å². The third-order valence-electron chi connectivity index (χ3n) is 1.85. The molecule has 78 valence electrons. The van der Waals surface area contributed by atoms with Gasteiger partial charge >= 0.3 is 0 Å². The molecule has 6 nitrogen and oxygen atoms in total. The highest BCUT2D eigenvalue weighted by Crippen LogP contribution is 2.22. The SMILES string of the molecule is Nc1c(Cl)ncnc1NCc1cn[nH]c1. The summed E-state index contributed by atoms with van der Waals surface area (Å²) in [7, 11) is 0. The molecule has 2 heterocycles. The first-order chi connectivity index (χ1) is 7.27. The van der Waals surface area contributed by atoms with Crippen LogP contribution < -0.4 is 11.1 Å². The lowest BCUT2D eigenvalue weighted by Crippen LogP contribution is -2.05. The van der Waals surface area contributed by atoms with Gasteiger partial charge in [0.2, 0.25) is 0 Å². The number of nitrogens with one attached hydrogen (secondary N) is 2. The molecular formula is C8H9ClN6. The van der Waals surface area contributed by atoms with Crippen molar-refractivity contribution in [2.24, 2.45) is 0 Å². The summed E-state index contributed by atoms with van der Waals surface area (Å²) in [6.07, 6.45) is 4.86. The fraction of sp³-hybridized carbons (Fsp3) is 0.125. The molecule has 0 fully saturated rings. The van der Waals surface area contributed by atoms with Crippen LogP contribution in [0.1, 0.15) is 5.56 Å². The van der Waals surface area contributed by atoms with Crippen LogP contribution >= 0.6 is 11.6 Å². The molecule has 0 bridgehead atoms. The normalized spacial score (nSPS) is 10.2. The number of nitrogen functional groups attached to an aromatic ring is 1. The zero-order chi connectivity index (χ0) is 10.7. The van der Waals surface area contributed by atoms with Crippen LogP contribution in [0.15, 0.2) is 18.7 Å². The summed E-state index contributed by atoms with van der Waals surface area (Å²) in [5, 5.41) is 9.82. The monoisotopic (exact) mass is 224 g/mol. The van der Waals surface area contributed by atoms with E-state index in [4.69, 9.17) is 17.3 Å². The summed E-state index contributed by atoms with van der Waals surface area (Å²) in [6.45, 7) is 0.577. The van der Waals surface area contributed by atoms with Crippen LogP contribution in [-0.4, -0.2) is 20.2 Å². The fourth-order valence-corrected chi connectivity index (χ4v) is 1.21. The third-order valence-corrected chi connectivity index (χ3v) is 2.15. The maximum absolute atomic E-state index is 5.74. The van der Waals surface area contributed by atoms with Crippen molar-refractivity contribution in [1.29, 1.82) is 0 Å². The molecule has 2 rings (SSSR count). The molecule has 2 aromatic rings. The van der Waals surface area contributed by atoms with Gasteiger partial charge in [0, 0.05) is 18.3 Å². The Hall–Kier alpha value is -1.82. The van der Waals surface area contributed by atoms with E-state index in [0.29, 0.717) is 18.1 Å². The number of anilines is 2. The minimum absolute atomic E-state index is 0.250. The Morgan fingerprint density at radius 1 is 1.47 bits per heavy atom. The molecular weight excluding hydrogens is 216 g/mol. The first-order valence-corrected chi connectivity index (χ1v) is 4.62. The molecule has 4 N–H and O–H groups in total. The molecule has 0 atom stereocenters. The van der Waals surface area contributed by atoms with Crippen molar-refractivity contribution < 1.29 is 0 Å². The third kappa shape index (κ3) is 2.16.